The molecule has 362 valence electrons. The van der Waals surface area contributed by atoms with Gasteiger partial charge in [-0.1, -0.05) is 184 Å². The van der Waals surface area contributed by atoms with Crippen molar-refractivity contribution < 1.29 is 0 Å². The van der Waals surface area contributed by atoms with Crippen molar-refractivity contribution in [3.05, 3.63) is 236 Å². The van der Waals surface area contributed by atoms with Gasteiger partial charge in [0.25, 0.3) is 6.71 Å². The summed E-state index contributed by atoms with van der Waals surface area (Å²) in [5.74, 6) is 1.78. The fraction of sp³-hybridized carbons (Fsp3) is 0.171. The van der Waals surface area contributed by atoms with Gasteiger partial charge in [0.05, 0.1) is 0 Å². The molecular formula is C70H59BN4. The van der Waals surface area contributed by atoms with Gasteiger partial charge in [-0.25, -0.2) is 9.97 Å². The van der Waals surface area contributed by atoms with E-state index in [-0.39, 0.29) is 6.71 Å². The van der Waals surface area contributed by atoms with Crippen LogP contribution in [0.1, 0.15) is 87.2 Å². The molecule has 2 aliphatic carbocycles. The van der Waals surface area contributed by atoms with E-state index >= 15 is 0 Å². The van der Waals surface area contributed by atoms with Crippen molar-refractivity contribution in [1.29, 1.82) is 0 Å². The van der Waals surface area contributed by atoms with Gasteiger partial charge in [-0.05, 0) is 176 Å². The van der Waals surface area contributed by atoms with Crippen LogP contribution in [-0.4, -0.2) is 16.7 Å². The van der Waals surface area contributed by atoms with Gasteiger partial charge in [0, 0.05) is 52.1 Å². The largest absolute Gasteiger partial charge is 0.311 e. The molecule has 4 nitrogen and oxygen atoms in total. The van der Waals surface area contributed by atoms with Crippen LogP contribution in [-0.2, 0) is 0 Å². The summed E-state index contributed by atoms with van der Waals surface area (Å²) in [7, 11) is 0. The lowest BCUT2D eigenvalue weighted by Gasteiger charge is -2.45. The number of benzene rings is 9. The third kappa shape index (κ3) is 8.45. The maximum atomic E-state index is 5.01. The minimum atomic E-state index is -0.0316. The molecule has 0 saturated heterocycles. The Morgan fingerprint density at radius 1 is 0.320 bits per heavy atom. The molecule has 75 heavy (non-hydrogen) atoms. The molecule has 2 saturated carbocycles. The first-order chi connectivity index (χ1) is 37.2. The zero-order chi connectivity index (χ0) is 49.7. The summed E-state index contributed by atoms with van der Waals surface area (Å²) < 4.78 is 0. The van der Waals surface area contributed by atoms with Gasteiger partial charge in [-0.2, -0.15) is 0 Å². The average molecular weight is 967 g/mol. The molecule has 0 atom stereocenters. The van der Waals surface area contributed by atoms with Crippen LogP contribution in [0.4, 0.5) is 34.1 Å². The lowest BCUT2D eigenvalue weighted by molar-refractivity contribution is 0.444. The fourth-order valence-electron chi connectivity index (χ4n) is 13.2. The molecule has 2 fully saturated rings. The van der Waals surface area contributed by atoms with Crippen molar-refractivity contribution >= 4 is 57.2 Å². The Bertz CT molecular complexity index is 3350. The second kappa shape index (κ2) is 19.5. The standard InChI is InChI=1S/C70H59BN4/c1-7-20-48(21-8-1)54-32-34-63-65(44-54)74(61-40-56(50-24-11-3-12-25-50)38-57(41-61)51-26-13-4-14-27-51)67-46-60(70-72-36-19-37-73-70)47-68-69(67)71(63)64-35-33-55(49-22-9-2-10-23-49)45-66(64)75(68)62-42-58(52-28-15-5-16-29-52)39-59(43-62)53-30-17-6-18-31-53/h3-6,11-19,24-49H,1-2,7-10,20-23H2. The SMILES string of the molecule is c1ccc(-c2cc(-c3ccccc3)cc(N3c4cc(C5CCCCC5)ccc4B4c5ccc(C6CCCCC6)cc5N(c5cc(-c6ccccc6)cc(-c6ccccc6)c5)c5cc(-c6ncccn6)cc3c54)c2)cc1. The quantitative estimate of drug-likeness (QED) is 0.135. The number of hydrogen-bond acceptors (Lipinski definition) is 4. The van der Waals surface area contributed by atoms with Gasteiger partial charge in [0.2, 0.25) is 0 Å². The van der Waals surface area contributed by atoms with Gasteiger partial charge >= 0.3 is 0 Å². The molecule has 2 aliphatic heterocycles. The fourth-order valence-corrected chi connectivity index (χ4v) is 13.2. The van der Waals surface area contributed by atoms with Crippen molar-refractivity contribution in [3.63, 3.8) is 0 Å². The number of nitrogens with zero attached hydrogens (tertiary/aromatic N) is 4. The molecule has 5 heteroatoms. The second-order valence-corrected chi connectivity index (χ2v) is 21.4. The topological polar surface area (TPSA) is 32.3 Å². The molecular weight excluding hydrogens is 908 g/mol. The van der Waals surface area contributed by atoms with Crippen molar-refractivity contribution in [2.24, 2.45) is 0 Å². The molecule has 0 amide bonds. The second-order valence-electron chi connectivity index (χ2n) is 21.4. The summed E-state index contributed by atoms with van der Waals surface area (Å²) in [6, 6.07) is 80.1. The van der Waals surface area contributed by atoms with Crippen molar-refractivity contribution in [3.8, 4) is 55.9 Å². The normalized spacial score (nSPS) is 15.3. The van der Waals surface area contributed by atoms with E-state index in [1.807, 2.05) is 18.5 Å². The average Bonchev–Trinajstić information content (AvgIpc) is 3.50. The van der Waals surface area contributed by atoms with E-state index < -0.39 is 0 Å². The van der Waals surface area contributed by atoms with E-state index in [2.05, 4.69) is 216 Å². The summed E-state index contributed by atoms with van der Waals surface area (Å²) in [4.78, 5) is 15.3. The molecule has 0 spiro atoms. The maximum absolute atomic E-state index is 5.01. The first-order valence-electron chi connectivity index (χ1n) is 27.5. The first-order valence-corrected chi connectivity index (χ1v) is 27.5. The van der Waals surface area contributed by atoms with Crippen LogP contribution in [0, 0.1) is 0 Å². The molecule has 14 rings (SSSR count). The third-order valence-electron chi connectivity index (χ3n) is 16.9. The molecule has 3 heterocycles. The summed E-state index contributed by atoms with van der Waals surface area (Å²) in [5.41, 5.74) is 24.5. The van der Waals surface area contributed by atoms with Gasteiger partial charge < -0.3 is 9.80 Å². The van der Waals surface area contributed by atoms with Crippen LogP contribution in [0.15, 0.2) is 225 Å². The number of aromatic nitrogens is 2. The highest BCUT2D eigenvalue weighted by atomic mass is 15.2. The summed E-state index contributed by atoms with van der Waals surface area (Å²) in [6.45, 7) is -0.0316. The van der Waals surface area contributed by atoms with Gasteiger partial charge in [-0.3, -0.25) is 0 Å². The Labute approximate surface area is 442 Å². The van der Waals surface area contributed by atoms with Gasteiger partial charge in [0.1, 0.15) is 0 Å². The zero-order valence-electron chi connectivity index (χ0n) is 42.5. The summed E-state index contributed by atoms with van der Waals surface area (Å²) in [5, 5.41) is 0. The molecule has 0 N–H and O–H groups in total. The van der Waals surface area contributed by atoms with Crippen molar-refractivity contribution in [2.45, 2.75) is 76.0 Å². The number of anilines is 6. The highest BCUT2D eigenvalue weighted by Gasteiger charge is 2.44. The summed E-state index contributed by atoms with van der Waals surface area (Å²) >= 11 is 0. The molecule has 10 aromatic rings. The molecule has 0 bridgehead atoms. The van der Waals surface area contributed by atoms with Crippen LogP contribution in [0.3, 0.4) is 0 Å². The van der Waals surface area contributed by atoms with E-state index in [4.69, 9.17) is 9.97 Å². The Hall–Kier alpha value is -8.28. The Balaban J connectivity index is 1.09. The highest BCUT2D eigenvalue weighted by Crippen LogP contribution is 2.50. The van der Waals surface area contributed by atoms with E-state index in [1.54, 1.807) is 0 Å². The van der Waals surface area contributed by atoms with Crippen LogP contribution in [0.25, 0.3) is 55.9 Å². The van der Waals surface area contributed by atoms with Gasteiger partial charge in [0.15, 0.2) is 5.82 Å². The van der Waals surface area contributed by atoms with Gasteiger partial charge in [-0.15, -0.1) is 0 Å². The molecule has 4 aliphatic rings. The number of rotatable bonds is 9. The molecule has 1 aromatic heterocycles. The minimum absolute atomic E-state index is 0.0316. The van der Waals surface area contributed by atoms with Crippen LogP contribution in [0.5, 0.6) is 0 Å². The predicted molar refractivity (Wildman–Crippen MR) is 315 cm³/mol. The first kappa shape index (κ1) is 45.3. The monoisotopic (exact) mass is 966 g/mol. The van der Waals surface area contributed by atoms with Crippen LogP contribution >= 0.6 is 0 Å². The van der Waals surface area contributed by atoms with E-state index in [0.717, 1.165) is 28.3 Å². The maximum Gasteiger partial charge on any atom is 0.252 e. The van der Waals surface area contributed by atoms with E-state index in [0.29, 0.717) is 17.7 Å². The van der Waals surface area contributed by atoms with E-state index in [9.17, 15) is 0 Å². The Kier molecular flexibility index (Phi) is 11.8. The third-order valence-corrected chi connectivity index (χ3v) is 16.9. The lowest BCUT2D eigenvalue weighted by Crippen LogP contribution is -2.61. The molecule has 0 radical (unpaired) electrons. The Morgan fingerprint density at radius 3 is 1.07 bits per heavy atom. The predicted octanol–water partition coefficient (Wildman–Crippen LogP) is 17.0. The number of hydrogen-bond donors (Lipinski definition) is 0. The summed E-state index contributed by atoms with van der Waals surface area (Å²) in [6.07, 6.45) is 16.5. The molecule has 9 aromatic carbocycles. The smallest absolute Gasteiger partial charge is 0.252 e. The van der Waals surface area contributed by atoms with Crippen LogP contribution in [0.2, 0.25) is 0 Å². The van der Waals surface area contributed by atoms with E-state index in [1.165, 1.54) is 148 Å². The Morgan fingerprint density at radius 2 is 0.693 bits per heavy atom. The number of fused-ring (bicyclic) bond motifs is 4. The molecule has 0 unspecified atom stereocenters. The van der Waals surface area contributed by atoms with Crippen LogP contribution < -0.4 is 26.2 Å². The van der Waals surface area contributed by atoms with Crippen molar-refractivity contribution in [2.75, 3.05) is 9.80 Å². The van der Waals surface area contributed by atoms with Crippen molar-refractivity contribution in [1.82, 2.24) is 9.97 Å². The highest BCUT2D eigenvalue weighted by molar-refractivity contribution is 7.00. The minimum Gasteiger partial charge on any atom is -0.311 e. The zero-order valence-corrected chi connectivity index (χ0v) is 42.5. The lowest BCUT2D eigenvalue weighted by atomic mass is 9.33.